The molecule has 0 bridgehead atoms. The lowest BCUT2D eigenvalue weighted by molar-refractivity contribution is 0.756. The Morgan fingerprint density at radius 2 is 2.15 bits per heavy atom. The lowest BCUT2D eigenvalue weighted by atomic mass is 10.3. The zero-order valence-corrected chi connectivity index (χ0v) is 8.72. The van der Waals surface area contributed by atoms with E-state index < -0.39 is 0 Å². The molecule has 0 aliphatic heterocycles. The number of nitrogens with zero attached hydrogens (tertiary/aromatic N) is 3. The van der Waals surface area contributed by atoms with Gasteiger partial charge in [-0.1, -0.05) is 0 Å². The zero-order valence-electron chi connectivity index (χ0n) is 7.90. The summed E-state index contributed by atoms with van der Waals surface area (Å²) in [6, 6.07) is 0. The van der Waals surface area contributed by atoms with Crippen molar-refractivity contribution in [3.63, 3.8) is 0 Å². The van der Waals surface area contributed by atoms with E-state index in [1.165, 1.54) is 0 Å². The van der Waals surface area contributed by atoms with Gasteiger partial charge < -0.3 is 0 Å². The van der Waals surface area contributed by atoms with Crippen LogP contribution in [0.25, 0.3) is 10.6 Å². The summed E-state index contributed by atoms with van der Waals surface area (Å²) in [5, 5.41) is 7.40. The Kier molecular flexibility index (Phi) is 1.92. The molecule has 0 fully saturated rings. The van der Waals surface area contributed by atoms with Crippen molar-refractivity contribution in [1.29, 1.82) is 0 Å². The molecule has 13 heavy (non-hydrogen) atoms. The van der Waals surface area contributed by atoms with Crippen LogP contribution in [0, 0.1) is 13.8 Å². The van der Waals surface area contributed by atoms with Crippen LogP contribution in [-0.2, 0) is 7.05 Å². The third kappa shape index (κ3) is 1.49. The molecule has 0 aliphatic rings. The van der Waals surface area contributed by atoms with Crippen molar-refractivity contribution in [3.8, 4) is 10.6 Å². The van der Waals surface area contributed by atoms with Crippen LogP contribution in [0.3, 0.4) is 0 Å². The van der Waals surface area contributed by atoms with Crippen molar-refractivity contribution in [2.24, 2.45) is 7.05 Å². The summed E-state index contributed by atoms with van der Waals surface area (Å²) >= 11 is 1.67. The quantitative estimate of drug-likeness (QED) is 0.695. The summed E-state index contributed by atoms with van der Waals surface area (Å²) in [4.78, 5) is 4.42. The van der Waals surface area contributed by atoms with Crippen LogP contribution >= 0.6 is 11.3 Å². The smallest absolute Gasteiger partial charge is 0.127 e. The van der Waals surface area contributed by atoms with Crippen LogP contribution in [0.15, 0.2) is 11.6 Å². The van der Waals surface area contributed by atoms with Gasteiger partial charge in [0.2, 0.25) is 0 Å². The Balaban J connectivity index is 2.51. The molecule has 0 aromatic carbocycles. The van der Waals surface area contributed by atoms with Gasteiger partial charge in [0.25, 0.3) is 0 Å². The minimum Gasteiger partial charge on any atom is -0.275 e. The maximum Gasteiger partial charge on any atom is 0.127 e. The summed E-state index contributed by atoms with van der Waals surface area (Å²) in [5.41, 5.74) is 3.25. The van der Waals surface area contributed by atoms with E-state index in [4.69, 9.17) is 0 Å². The molecule has 0 aliphatic carbocycles. The van der Waals surface area contributed by atoms with Gasteiger partial charge in [-0.25, -0.2) is 4.98 Å². The van der Waals surface area contributed by atoms with Gasteiger partial charge in [0.1, 0.15) is 5.01 Å². The van der Waals surface area contributed by atoms with Crippen molar-refractivity contribution < 1.29 is 0 Å². The van der Waals surface area contributed by atoms with E-state index in [0.717, 1.165) is 22.0 Å². The van der Waals surface area contributed by atoms with Crippen LogP contribution < -0.4 is 0 Å². The highest BCUT2D eigenvalue weighted by atomic mass is 32.1. The van der Waals surface area contributed by atoms with Crippen molar-refractivity contribution in [2.45, 2.75) is 13.8 Å². The van der Waals surface area contributed by atoms with Crippen molar-refractivity contribution in [2.75, 3.05) is 0 Å². The molecule has 2 aromatic heterocycles. The molecule has 0 N–H and O–H groups in total. The van der Waals surface area contributed by atoms with Gasteiger partial charge >= 0.3 is 0 Å². The third-order valence-corrected chi connectivity index (χ3v) is 2.86. The first-order valence-electron chi connectivity index (χ1n) is 4.09. The lowest BCUT2D eigenvalue weighted by Crippen LogP contribution is -1.86. The Labute approximate surface area is 81.1 Å². The molecule has 3 nitrogen and oxygen atoms in total. The monoisotopic (exact) mass is 193 g/mol. The van der Waals surface area contributed by atoms with Crippen LogP contribution in [0.1, 0.15) is 11.4 Å². The van der Waals surface area contributed by atoms with Gasteiger partial charge in [-0.2, -0.15) is 5.10 Å². The topological polar surface area (TPSA) is 30.7 Å². The highest BCUT2D eigenvalue weighted by Crippen LogP contribution is 2.25. The highest BCUT2D eigenvalue weighted by molar-refractivity contribution is 7.13. The first kappa shape index (κ1) is 8.44. The molecule has 2 rings (SSSR count). The molecular formula is C9H11N3S. The van der Waals surface area contributed by atoms with Gasteiger partial charge in [-0.3, -0.25) is 4.68 Å². The Hall–Kier alpha value is -1.16. The molecule has 2 aromatic rings. The van der Waals surface area contributed by atoms with E-state index in [2.05, 4.69) is 15.5 Å². The van der Waals surface area contributed by atoms with E-state index in [-0.39, 0.29) is 0 Å². The molecule has 0 saturated carbocycles. The summed E-state index contributed by atoms with van der Waals surface area (Å²) in [7, 11) is 1.93. The normalized spacial score (nSPS) is 10.7. The molecule has 0 amide bonds. The number of rotatable bonds is 1. The molecule has 0 unspecified atom stereocenters. The molecular weight excluding hydrogens is 182 g/mol. The number of aryl methyl sites for hydroxylation is 3. The summed E-state index contributed by atoms with van der Waals surface area (Å²) in [6.45, 7) is 4.01. The van der Waals surface area contributed by atoms with E-state index in [1.54, 1.807) is 11.3 Å². The largest absolute Gasteiger partial charge is 0.275 e. The van der Waals surface area contributed by atoms with Gasteiger partial charge in [-0.05, 0) is 13.8 Å². The maximum atomic E-state index is 4.42. The minimum absolute atomic E-state index is 1.04. The summed E-state index contributed by atoms with van der Waals surface area (Å²) in [5.74, 6) is 0. The van der Waals surface area contributed by atoms with E-state index >= 15 is 0 Å². The van der Waals surface area contributed by atoms with Crippen molar-refractivity contribution in [1.82, 2.24) is 14.8 Å². The average Bonchev–Trinajstić information content (AvgIpc) is 2.58. The van der Waals surface area contributed by atoms with E-state index in [0.29, 0.717) is 0 Å². The molecule has 0 radical (unpaired) electrons. The standard InChI is InChI=1S/C9H11N3S/c1-6-5-13-9(10-6)8-4-12(3)11-7(8)2/h4-5H,1-3H3. The fourth-order valence-electron chi connectivity index (χ4n) is 1.29. The number of thiazole rings is 1. The number of hydrogen-bond acceptors (Lipinski definition) is 3. The molecule has 68 valence electrons. The zero-order chi connectivity index (χ0) is 9.42. The summed E-state index contributed by atoms with van der Waals surface area (Å²) in [6.07, 6.45) is 2.01. The van der Waals surface area contributed by atoms with Crippen LogP contribution in [0.5, 0.6) is 0 Å². The molecule has 0 spiro atoms. The van der Waals surface area contributed by atoms with E-state index in [9.17, 15) is 0 Å². The maximum absolute atomic E-state index is 4.42. The van der Waals surface area contributed by atoms with Gasteiger partial charge in [0, 0.05) is 24.3 Å². The van der Waals surface area contributed by atoms with Crippen molar-refractivity contribution >= 4 is 11.3 Å². The second kappa shape index (κ2) is 2.96. The molecule has 0 atom stereocenters. The fourth-order valence-corrected chi connectivity index (χ4v) is 2.15. The highest BCUT2D eigenvalue weighted by Gasteiger charge is 2.08. The lowest BCUT2D eigenvalue weighted by Gasteiger charge is -1.89. The average molecular weight is 193 g/mol. The number of aromatic nitrogens is 3. The summed E-state index contributed by atoms with van der Waals surface area (Å²) < 4.78 is 1.82. The first-order chi connectivity index (χ1) is 6.16. The van der Waals surface area contributed by atoms with Crippen molar-refractivity contribution in [3.05, 3.63) is 23.0 Å². The van der Waals surface area contributed by atoms with Crippen LogP contribution in [0.4, 0.5) is 0 Å². The second-order valence-electron chi connectivity index (χ2n) is 3.10. The Bertz CT molecular complexity index is 428. The van der Waals surface area contributed by atoms with Gasteiger partial charge in [-0.15, -0.1) is 11.3 Å². The second-order valence-corrected chi connectivity index (χ2v) is 3.95. The van der Waals surface area contributed by atoms with Gasteiger partial charge in [0.15, 0.2) is 0 Å². The Morgan fingerprint density at radius 1 is 1.38 bits per heavy atom. The molecule has 0 saturated heterocycles. The Morgan fingerprint density at radius 3 is 2.62 bits per heavy atom. The minimum atomic E-state index is 1.04. The van der Waals surface area contributed by atoms with E-state index in [1.807, 2.05) is 31.8 Å². The van der Waals surface area contributed by atoms with Gasteiger partial charge in [0.05, 0.1) is 11.3 Å². The first-order valence-corrected chi connectivity index (χ1v) is 4.97. The molecule has 4 heteroatoms. The third-order valence-electron chi connectivity index (χ3n) is 1.86. The van der Waals surface area contributed by atoms with Crippen LogP contribution in [0.2, 0.25) is 0 Å². The predicted molar refractivity (Wildman–Crippen MR) is 53.8 cm³/mol. The van der Waals surface area contributed by atoms with Crippen LogP contribution in [-0.4, -0.2) is 14.8 Å². The fraction of sp³-hybridized carbons (Fsp3) is 0.333. The number of hydrogen-bond donors (Lipinski definition) is 0. The predicted octanol–water partition coefficient (Wildman–Crippen LogP) is 2.16. The molecule has 2 heterocycles. The SMILES string of the molecule is Cc1csc(-c2cn(C)nc2C)n1.